The van der Waals surface area contributed by atoms with Gasteiger partial charge in [-0.3, -0.25) is 9.59 Å². The monoisotopic (exact) mass is 471 g/mol. The Morgan fingerprint density at radius 1 is 1.24 bits per heavy atom. The number of amides is 2. The number of carboxylic acids is 1. The summed E-state index contributed by atoms with van der Waals surface area (Å²) in [5, 5.41) is 34.7. The van der Waals surface area contributed by atoms with Gasteiger partial charge in [0.05, 0.1) is 22.9 Å². The molecule has 2 atom stereocenters. The maximum absolute atomic E-state index is 14.3. The van der Waals surface area contributed by atoms with Crippen molar-refractivity contribution in [3.63, 3.8) is 0 Å². The first-order valence-electron chi connectivity index (χ1n) is 9.57. The number of aliphatic carboxylic acids is 1. The Balaban J connectivity index is 0.00000385. The van der Waals surface area contributed by atoms with E-state index in [1.807, 2.05) is 0 Å². The number of halogens is 2. The van der Waals surface area contributed by atoms with Gasteiger partial charge >= 0.3 is 29.6 Å². The van der Waals surface area contributed by atoms with E-state index in [1.54, 1.807) is 13.8 Å². The molecule has 1 aromatic heterocycles. The van der Waals surface area contributed by atoms with Crippen molar-refractivity contribution in [2.45, 2.75) is 39.0 Å². The molecule has 2 heterocycles. The quantitative estimate of drug-likeness (QED) is 0.169. The Labute approximate surface area is 209 Å². The minimum atomic E-state index is -1.53. The second kappa shape index (κ2) is 10.6. The molecule has 0 spiro atoms. The summed E-state index contributed by atoms with van der Waals surface area (Å²) in [6.07, 6.45) is -2.78. The summed E-state index contributed by atoms with van der Waals surface area (Å²) in [4.78, 5) is 38.3. The van der Waals surface area contributed by atoms with E-state index in [1.165, 1.54) is 12.1 Å². The average molecular weight is 471 g/mol. The normalized spacial score (nSPS) is 15.5. The van der Waals surface area contributed by atoms with Crippen molar-refractivity contribution in [2.24, 2.45) is 0 Å². The molecule has 0 saturated carbocycles. The molecular formula is C21H20F2N3NaO6. The Hall–Kier alpha value is -2.57. The summed E-state index contributed by atoms with van der Waals surface area (Å²) in [5.74, 6) is -5.15. The first kappa shape index (κ1) is 26.7. The zero-order chi connectivity index (χ0) is 23.7. The van der Waals surface area contributed by atoms with Crippen LogP contribution in [0, 0.1) is 25.5 Å². The summed E-state index contributed by atoms with van der Waals surface area (Å²) < 4.78 is 28.0. The third-order valence-corrected chi connectivity index (χ3v) is 5.04. The van der Waals surface area contributed by atoms with Gasteiger partial charge in [-0.1, -0.05) is 0 Å². The zero-order valence-corrected chi connectivity index (χ0v) is 20.1. The van der Waals surface area contributed by atoms with E-state index >= 15 is 0 Å². The zero-order valence-electron chi connectivity index (χ0n) is 18.1. The summed E-state index contributed by atoms with van der Waals surface area (Å²) in [5.41, 5.74) is 0.936. The summed E-state index contributed by atoms with van der Waals surface area (Å²) in [6, 6.07) is 2.15. The number of carbonyl (C=O) groups excluding carboxylic acids is 3. The number of aryl methyl sites for hydroxylation is 1. The molecule has 0 bridgehead atoms. The third kappa shape index (κ3) is 5.68. The van der Waals surface area contributed by atoms with Crippen LogP contribution in [0.1, 0.15) is 45.7 Å². The number of benzene rings is 1. The number of carboxylic acid groups (broad SMARTS) is 1. The molecule has 9 nitrogen and oxygen atoms in total. The number of fused-ring (bicyclic) bond motifs is 1. The van der Waals surface area contributed by atoms with Crippen molar-refractivity contribution < 1.29 is 68.0 Å². The van der Waals surface area contributed by atoms with Gasteiger partial charge in [-0.15, -0.1) is 0 Å². The first-order chi connectivity index (χ1) is 15.0. The molecule has 0 unspecified atom stereocenters. The van der Waals surface area contributed by atoms with Crippen LogP contribution >= 0.6 is 0 Å². The maximum atomic E-state index is 14.3. The number of anilines is 1. The number of carbonyl (C=O) groups is 3. The number of hydrogen-bond donors (Lipinski definition) is 5. The number of aromatic amines is 1. The fourth-order valence-corrected chi connectivity index (χ4v) is 3.58. The van der Waals surface area contributed by atoms with Crippen molar-refractivity contribution >= 4 is 35.1 Å². The molecule has 2 amide bonds. The van der Waals surface area contributed by atoms with Crippen molar-refractivity contribution in [2.75, 3.05) is 5.32 Å². The SMILES string of the molecule is Cc1[nH]c(/C=C2\C(=O)Nc3ccc(F)c(F)c32)c(C)c1C(=O)N[C@@H](O)C[C@@H](O)CC(=O)[O-].[Na+]. The van der Waals surface area contributed by atoms with Crippen molar-refractivity contribution in [1.82, 2.24) is 10.3 Å². The maximum Gasteiger partial charge on any atom is 1.00 e. The molecule has 12 heteroatoms. The molecule has 5 N–H and O–H groups in total. The van der Waals surface area contributed by atoms with E-state index in [0.717, 1.165) is 6.07 Å². The topological polar surface area (TPSA) is 155 Å². The van der Waals surface area contributed by atoms with Gasteiger partial charge < -0.3 is 35.7 Å². The molecule has 170 valence electrons. The Morgan fingerprint density at radius 2 is 1.91 bits per heavy atom. The van der Waals surface area contributed by atoms with E-state index in [2.05, 4.69) is 15.6 Å². The smallest absolute Gasteiger partial charge is 0.550 e. The predicted octanol–water partition coefficient (Wildman–Crippen LogP) is -2.65. The molecule has 1 aliphatic heterocycles. The van der Waals surface area contributed by atoms with Gasteiger partial charge in [0.15, 0.2) is 11.6 Å². The predicted molar refractivity (Wildman–Crippen MR) is 107 cm³/mol. The largest absolute Gasteiger partial charge is 1.00 e. The number of rotatable bonds is 7. The average Bonchev–Trinajstić information content (AvgIpc) is 3.13. The van der Waals surface area contributed by atoms with E-state index in [0.29, 0.717) is 17.0 Å². The standard InChI is InChI=1S/C21H21F2N3O6.Na/c1-8-14(7-11-18-13(25-20(11)31)4-3-12(22)19(18)23)24-9(2)17(8)21(32)26-15(28)5-10(27)6-16(29)30;/h3-4,7,10,15,24,27-28H,5-6H2,1-2H3,(H,25,31)(H,26,32)(H,29,30);/q;+1/p-1/b11-7-;/t10-,15+;/m1./s1. The van der Waals surface area contributed by atoms with Crippen LogP contribution in [0.15, 0.2) is 12.1 Å². The Kier molecular flexibility index (Phi) is 8.55. The van der Waals surface area contributed by atoms with Crippen LogP contribution in [0.4, 0.5) is 14.5 Å². The van der Waals surface area contributed by atoms with Crippen LogP contribution in [0.2, 0.25) is 0 Å². The van der Waals surface area contributed by atoms with Crippen LogP contribution in [-0.4, -0.2) is 45.3 Å². The van der Waals surface area contributed by atoms with E-state index in [4.69, 9.17) is 0 Å². The van der Waals surface area contributed by atoms with Gasteiger partial charge in [0.25, 0.3) is 11.8 Å². The second-order valence-corrected chi connectivity index (χ2v) is 7.41. The van der Waals surface area contributed by atoms with Crippen molar-refractivity contribution in [1.29, 1.82) is 0 Å². The third-order valence-electron chi connectivity index (χ3n) is 5.04. The van der Waals surface area contributed by atoms with Crippen molar-refractivity contribution in [3.8, 4) is 0 Å². The number of hydrogen-bond acceptors (Lipinski definition) is 6. The van der Waals surface area contributed by atoms with E-state index < -0.39 is 54.6 Å². The molecule has 3 rings (SSSR count). The molecule has 0 radical (unpaired) electrons. The van der Waals surface area contributed by atoms with Crippen molar-refractivity contribution in [3.05, 3.63) is 51.8 Å². The molecule has 0 saturated heterocycles. The van der Waals surface area contributed by atoms with Gasteiger partial charge in [0.2, 0.25) is 0 Å². The van der Waals surface area contributed by atoms with Crippen LogP contribution < -0.4 is 45.3 Å². The van der Waals surface area contributed by atoms with Gasteiger partial charge in [-0.05, 0) is 37.6 Å². The van der Waals surface area contributed by atoms with Crippen LogP contribution in [-0.2, 0) is 9.59 Å². The molecule has 0 fully saturated rings. The van der Waals surface area contributed by atoms with Gasteiger partial charge in [0.1, 0.15) is 6.23 Å². The van der Waals surface area contributed by atoms with E-state index in [9.17, 15) is 38.5 Å². The fourth-order valence-electron chi connectivity index (χ4n) is 3.58. The van der Waals surface area contributed by atoms with Gasteiger partial charge in [-0.25, -0.2) is 8.78 Å². The fraction of sp³-hybridized carbons (Fsp3) is 0.286. The minimum Gasteiger partial charge on any atom is -0.550 e. The second-order valence-electron chi connectivity index (χ2n) is 7.41. The first-order valence-corrected chi connectivity index (χ1v) is 9.57. The molecular weight excluding hydrogens is 451 g/mol. The number of aliphatic hydroxyl groups excluding tert-OH is 2. The summed E-state index contributed by atoms with van der Waals surface area (Å²) >= 11 is 0. The summed E-state index contributed by atoms with van der Waals surface area (Å²) in [6.45, 7) is 3.11. The minimum absolute atomic E-state index is 0. The summed E-state index contributed by atoms with van der Waals surface area (Å²) in [7, 11) is 0. The van der Waals surface area contributed by atoms with Gasteiger partial charge in [0, 0.05) is 35.8 Å². The van der Waals surface area contributed by atoms with E-state index in [-0.39, 0.29) is 51.9 Å². The van der Waals surface area contributed by atoms with Crippen LogP contribution in [0.25, 0.3) is 11.6 Å². The number of nitrogens with one attached hydrogen (secondary N) is 3. The number of aromatic nitrogens is 1. The number of aliphatic hydroxyl groups is 2. The van der Waals surface area contributed by atoms with Gasteiger partial charge in [-0.2, -0.15) is 0 Å². The molecule has 2 aromatic rings. The Morgan fingerprint density at radius 3 is 2.55 bits per heavy atom. The molecule has 1 aliphatic rings. The molecule has 0 aliphatic carbocycles. The van der Waals surface area contributed by atoms with Crippen LogP contribution in [0.5, 0.6) is 0 Å². The van der Waals surface area contributed by atoms with Crippen LogP contribution in [0.3, 0.4) is 0 Å². The molecule has 1 aromatic carbocycles. The molecule has 33 heavy (non-hydrogen) atoms. The number of H-pyrrole nitrogens is 1. The Bertz CT molecular complexity index is 1150.